The van der Waals surface area contributed by atoms with Crippen LogP contribution >= 0.6 is 0 Å². The molecule has 0 aromatic rings. The first-order valence-corrected chi connectivity index (χ1v) is 2.26. The Kier molecular flexibility index (Phi) is 494. The van der Waals surface area contributed by atoms with Gasteiger partial charge in [0.25, 0.3) is 0 Å². The first-order valence-electron chi connectivity index (χ1n) is 2.26. The van der Waals surface area contributed by atoms with E-state index in [1.54, 1.807) is 0 Å². The van der Waals surface area contributed by atoms with E-state index in [1.165, 1.54) is 0 Å². The van der Waals surface area contributed by atoms with E-state index in [1.807, 2.05) is 13.8 Å². The molecule has 0 N–H and O–H groups in total. The smallest absolute Gasteiger partial charge is 0.127 e. The summed E-state index contributed by atoms with van der Waals surface area (Å²) >= 11 is 0. The molecule has 0 aliphatic rings. The van der Waals surface area contributed by atoms with Gasteiger partial charge in [-0.25, -0.2) is 0 Å². The van der Waals surface area contributed by atoms with Crippen molar-refractivity contribution in [2.24, 2.45) is 9.98 Å². The van der Waals surface area contributed by atoms with E-state index in [4.69, 9.17) is 0 Å². The predicted molar refractivity (Wildman–Crippen MR) is 61.9 cm³/mol. The Morgan fingerprint density at radius 2 is 1.00 bits per heavy atom. The van der Waals surface area contributed by atoms with E-state index in [0.29, 0.717) is 6.67 Å². The van der Waals surface area contributed by atoms with Crippen LogP contribution in [0.25, 0.3) is 0 Å². The molecular weight excluding hydrogens is 314 g/mol. The first-order chi connectivity index (χ1) is 3.41. The van der Waals surface area contributed by atoms with E-state index in [0.717, 1.165) is 0 Å². The molecule has 0 fully saturated rings. The molecule has 13 heavy (non-hydrogen) atoms. The fourth-order valence-corrected chi connectivity index (χ4v) is 0.0707. The summed E-state index contributed by atoms with van der Waals surface area (Å²) in [5.41, 5.74) is 0. The monoisotopic (exact) mass is 341 g/mol. The summed E-state index contributed by atoms with van der Waals surface area (Å²) in [6, 6.07) is 0. The average molecular weight is 341 g/mol. The standard InChI is InChI=1S/C3H6N2.C2H6.3CH4.CH3.2Y/c1-4-3-5-2;1-2;;;;;;/h1-3H2;1-2H3;3*1H4;1H3;;/q;;;;;-1;;. The summed E-state index contributed by atoms with van der Waals surface area (Å²) in [6.45, 7) is 10.8. The molecule has 0 aromatic carbocycles. The molecule has 0 bridgehead atoms. The van der Waals surface area contributed by atoms with Crippen molar-refractivity contribution in [3.63, 3.8) is 0 Å². The maximum atomic E-state index is 3.38. The molecule has 2 radical (unpaired) electrons. The van der Waals surface area contributed by atoms with Gasteiger partial charge in [-0.3, -0.25) is 9.98 Å². The molecule has 0 spiro atoms. The van der Waals surface area contributed by atoms with Crippen molar-refractivity contribution in [2.75, 3.05) is 6.67 Å². The molecule has 0 aliphatic carbocycles. The zero-order valence-electron chi connectivity index (χ0n) is 7.17. The van der Waals surface area contributed by atoms with Gasteiger partial charge >= 0.3 is 0 Å². The number of hydrogen-bond acceptors (Lipinski definition) is 2. The molecule has 0 aromatic heterocycles. The fourth-order valence-electron chi connectivity index (χ4n) is 0.0707. The minimum atomic E-state index is 0. The Bertz CT molecular complexity index is 44.9. The Labute approximate surface area is 137 Å². The van der Waals surface area contributed by atoms with Gasteiger partial charge in [-0.2, -0.15) is 0 Å². The summed E-state index contributed by atoms with van der Waals surface area (Å²) in [4.78, 5) is 6.75. The molecule has 0 rings (SSSR count). The van der Waals surface area contributed by atoms with Crippen molar-refractivity contribution in [3.05, 3.63) is 7.43 Å². The molecule has 2 nitrogen and oxygen atoms in total. The first kappa shape index (κ1) is 62.3. The Morgan fingerprint density at radius 1 is 0.846 bits per heavy atom. The Balaban J connectivity index is -0.00000000492. The quantitative estimate of drug-likeness (QED) is 0.540. The van der Waals surface area contributed by atoms with Crippen molar-refractivity contribution >= 4 is 13.4 Å². The van der Waals surface area contributed by atoms with Crippen LogP contribution in [-0.2, 0) is 65.4 Å². The van der Waals surface area contributed by atoms with Gasteiger partial charge < -0.3 is 7.43 Å². The molecule has 80 valence electrons. The number of hydrogen-bond donors (Lipinski definition) is 0. The largest absolute Gasteiger partial charge is 0.358 e. The van der Waals surface area contributed by atoms with Crippen LogP contribution in [0.15, 0.2) is 9.98 Å². The molecule has 0 heterocycles. The topological polar surface area (TPSA) is 24.7 Å². The third-order valence-corrected chi connectivity index (χ3v) is 0.200. The molecular formula is C9H27N2Y2-. The van der Waals surface area contributed by atoms with Gasteiger partial charge in [-0.15, -0.1) is 0 Å². The summed E-state index contributed by atoms with van der Waals surface area (Å²) in [6.07, 6.45) is 0. The number of rotatable bonds is 2. The zero-order chi connectivity index (χ0) is 6.12. The maximum absolute atomic E-state index is 3.38. The normalized spacial score (nSPS) is 2.92. The van der Waals surface area contributed by atoms with Gasteiger partial charge in [-0.05, 0) is 13.4 Å². The second-order valence-corrected chi connectivity index (χ2v) is 0.589. The maximum Gasteiger partial charge on any atom is 0.127 e. The Hall–Kier alpha value is 1.55. The fraction of sp³-hybridized carbons (Fsp3) is 0.667. The summed E-state index contributed by atoms with van der Waals surface area (Å²) in [7, 11) is 0. The molecule has 4 heteroatoms. The van der Waals surface area contributed by atoms with Crippen LogP contribution in [0.5, 0.6) is 0 Å². The average Bonchev–Trinajstić information content (AvgIpc) is 1.75. The van der Waals surface area contributed by atoms with Crippen LogP contribution in [0.1, 0.15) is 36.1 Å². The predicted octanol–water partition coefficient (Wildman–Crippen LogP) is 3.72. The van der Waals surface area contributed by atoms with E-state index in [-0.39, 0.29) is 95.1 Å². The van der Waals surface area contributed by atoms with Crippen LogP contribution in [0.3, 0.4) is 0 Å². The van der Waals surface area contributed by atoms with Crippen LogP contribution in [0.2, 0.25) is 0 Å². The third kappa shape index (κ3) is 144. The summed E-state index contributed by atoms with van der Waals surface area (Å²) < 4.78 is 0. The van der Waals surface area contributed by atoms with Crippen LogP contribution in [0, 0.1) is 7.43 Å². The molecule has 0 saturated carbocycles. The molecule has 0 aliphatic heterocycles. The van der Waals surface area contributed by atoms with E-state index in [2.05, 4.69) is 23.4 Å². The molecule has 0 unspecified atom stereocenters. The van der Waals surface area contributed by atoms with Gasteiger partial charge in [0, 0.05) is 65.4 Å². The van der Waals surface area contributed by atoms with Crippen LogP contribution in [0.4, 0.5) is 0 Å². The van der Waals surface area contributed by atoms with Crippen molar-refractivity contribution in [3.8, 4) is 0 Å². The second kappa shape index (κ2) is 103. The van der Waals surface area contributed by atoms with Crippen molar-refractivity contribution in [1.82, 2.24) is 0 Å². The minimum absolute atomic E-state index is 0. The van der Waals surface area contributed by atoms with Gasteiger partial charge in [0.05, 0.1) is 0 Å². The van der Waals surface area contributed by atoms with Crippen LogP contribution < -0.4 is 0 Å². The summed E-state index contributed by atoms with van der Waals surface area (Å²) in [5, 5.41) is 0. The van der Waals surface area contributed by atoms with Crippen molar-refractivity contribution < 1.29 is 65.4 Å². The molecule has 0 amide bonds. The SMILES string of the molecule is C.C.C.C=NCN=C.CC.[CH3-].[Y].[Y]. The third-order valence-electron chi connectivity index (χ3n) is 0.200. The zero-order valence-corrected chi connectivity index (χ0v) is 12.8. The van der Waals surface area contributed by atoms with Gasteiger partial charge in [0.15, 0.2) is 0 Å². The van der Waals surface area contributed by atoms with Crippen LogP contribution in [-0.4, -0.2) is 20.1 Å². The van der Waals surface area contributed by atoms with Gasteiger partial charge in [0.2, 0.25) is 0 Å². The number of aliphatic imine (C=N–C) groups is 2. The van der Waals surface area contributed by atoms with Gasteiger partial charge in [-0.1, -0.05) is 36.1 Å². The van der Waals surface area contributed by atoms with E-state index >= 15 is 0 Å². The summed E-state index contributed by atoms with van der Waals surface area (Å²) in [5.74, 6) is 0. The van der Waals surface area contributed by atoms with E-state index < -0.39 is 0 Å². The molecule has 0 atom stereocenters. The van der Waals surface area contributed by atoms with Crippen molar-refractivity contribution in [2.45, 2.75) is 36.1 Å². The minimum Gasteiger partial charge on any atom is -0.358 e. The van der Waals surface area contributed by atoms with Gasteiger partial charge in [0.1, 0.15) is 6.67 Å². The molecule has 0 saturated heterocycles. The number of nitrogens with zero attached hydrogens (tertiary/aromatic N) is 2. The second-order valence-electron chi connectivity index (χ2n) is 0.589. The van der Waals surface area contributed by atoms with E-state index in [9.17, 15) is 0 Å². The van der Waals surface area contributed by atoms with Crippen molar-refractivity contribution in [1.29, 1.82) is 0 Å². The Morgan fingerprint density at radius 3 is 1.00 bits per heavy atom.